The van der Waals surface area contributed by atoms with E-state index in [1.807, 2.05) is 4.90 Å². The van der Waals surface area contributed by atoms with E-state index in [1.54, 1.807) is 0 Å². The minimum atomic E-state index is 0.151. The van der Waals surface area contributed by atoms with Crippen molar-refractivity contribution < 1.29 is 9.90 Å². The van der Waals surface area contributed by atoms with Crippen LogP contribution in [0.15, 0.2) is 0 Å². The molecule has 1 aliphatic heterocycles. The summed E-state index contributed by atoms with van der Waals surface area (Å²) in [5.41, 5.74) is 0.391. The van der Waals surface area contributed by atoms with Gasteiger partial charge in [-0.2, -0.15) is 0 Å². The average molecular weight is 211 g/mol. The first-order valence-corrected chi connectivity index (χ1v) is 5.92. The van der Waals surface area contributed by atoms with Gasteiger partial charge in [0.1, 0.15) is 0 Å². The average Bonchev–Trinajstić information content (AvgIpc) is 2.69. The van der Waals surface area contributed by atoms with Crippen molar-refractivity contribution >= 4 is 5.91 Å². The number of nitrogens with zero attached hydrogens (tertiary/aromatic N) is 1. The van der Waals surface area contributed by atoms with Crippen molar-refractivity contribution in [3.63, 3.8) is 0 Å². The molecule has 1 heterocycles. The number of rotatable bonds is 2. The first-order chi connectivity index (χ1) is 7.02. The van der Waals surface area contributed by atoms with Crippen molar-refractivity contribution in [3.8, 4) is 0 Å². The van der Waals surface area contributed by atoms with E-state index in [4.69, 9.17) is 5.11 Å². The van der Waals surface area contributed by atoms with Crippen molar-refractivity contribution in [2.24, 2.45) is 11.3 Å². The minimum absolute atomic E-state index is 0.151. The van der Waals surface area contributed by atoms with E-state index < -0.39 is 0 Å². The summed E-state index contributed by atoms with van der Waals surface area (Å²) < 4.78 is 0. The van der Waals surface area contributed by atoms with Gasteiger partial charge in [0.2, 0.25) is 5.91 Å². The summed E-state index contributed by atoms with van der Waals surface area (Å²) in [7, 11) is 0. The standard InChI is InChI=1S/C12H21NO2/c1-12(2)4-3-10(6-12)13-7-9(8-14)5-11(13)15/h9-10,14H,3-8H2,1-2H3. The fourth-order valence-corrected chi connectivity index (χ4v) is 2.95. The summed E-state index contributed by atoms with van der Waals surface area (Å²) in [6.45, 7) is 5.47. The zero-order valence-corrected chi connectivity index (χ0v) is 9.70. The van der Waals surface area contributed by atoms with Crippen molar-refractivity contribution in [3.05, 3.63) is 0 Å². The number of carbonyl (C=O) groups excluding carboxylic acids is 1. The van der Waals surface area contributed by atoms with Gasteiger partial charge in [-0.25, -0.2) is 0 Å². The normalized spacial score (nSPS) is 35.1. The van der Waals surface area contributed by atoms with E-state index in [0.29, 0.717) is 17.9 Å². The van der Waals surface area contributed by atoms with Gasteiger partial charge in [-0.1, -0.05) is 13.8 Å². The molecular formula is C12H21NO2. The topological polar surface area (TPSA) is 40.5 Å². The molecule has 2 atom stereocenters. The summed E-state index contributed by atoms with van der Waals surface area (Å²) in [6.07, 6.45) is 4.02. The van der Waals surface area contributed by atoms with Gasteiger partial charge in [0.05, 0.1) is 0 Å². The number of hydrogen-bond acceptors (Lipinski definition) is 2. The van der Waals surface area contributed by atoms with Gasteiger partial charge in [0.15, 0.2) is 0 Å². The fourth-order valence-electron chi connectivity index (χ4n) is 2.95. The first-order valence-electron chi connectivity index (χ1n) is 5.92. The molecule has 2 unspecified atom stereocenters. The van der Waals surface area contributed by atoms with Crippen LogP contribution < -0.4 is 0 Å². The molecule has 3 nitrogen and oxygen atoms in total. The zero-order valence-electron chi connectivity index (χ0n) is 9.70. The number of aliphatic hydroxyl groups excluding tert-OH is 1. The molecule has 2 fully saturated rings. The number of hydrogen-bond donors (Lipinski definition) is 1. The molecule has 0 spiro atoms. The molecule has 2 rings (SSSR count). The van der Waals surface area contributed by atoms with Crippen molar-refractivity contribution in [1.29, 1.82) is 0 Å². The molecular weight excluding hydrogens is 190 g/mol. The van der Waals surface area contributed by atoms with E-state index >= 15 is 0 Å². The highest BCUT2D eigenvalue weighted by atomic mass is 16.3. The van der Waals surface area contributed by atoms with Crippen LogP contribution in [0, 0.1) is 11.3 Å². The Labute approximate surface area is 91.5 Å². The summed E-state index contributed by atoms with van der Waals surface area (Å²) >= 11 is 0. The zero-order chi connectivity index (χ0) is 11.1. The van der Waals surface area contributed by atoms with Gasteiger partial charge < -0.3 is 10.0 Å². The molecule has 1 amide bonds. The second-order valence-corrected chi connectivity index (χ2v) is 5.86. The summed E-state index contributed by atoms with van der Waals surface area (Å²) in [4.78, 5) is 13.8. The maximum Gasteiger partial charge on any atom is 0.223 e. The van der Waals surface area contributed by atoms with Gasteiger partial charge in [-0.05, 0) is 24.7 Å². The number of amides is 1. The molecule has 2 aliphatic rings. The highest BCUT2D eigenvalue weighted by Gasteiger charge is 2.40. The molecule has 1 aliphatic carbocycles. The maximum absolute atomic E-state index is 11.8. The Morgan fingerprint density at radius 1 is 1.53 bits per heavy atom. The Kier molecular flexibility index (Phi) is 2.75. The number of carbonyl (C=O) groups is 1. The lowest BCUT2D eigenvalue weighted by Crippen LogP contribution is -2.35. The molecule has 86 valence electrons. The smallest absolute Gasteiger partial charge is 0.223 e. The van der Waals surface area contributed by atoms with Crippen molar-refractivity contribution in [1.82, 2.24) is 4.90 Å². The van der Waals surface area contributed by atoms with Crippen molar-refractivity contribution in [2.45, 2.75) is 45.6 Å². The van der Waals surface area contributed by atoms with Gasteiger partial charge in [0, 0.05) is 31.5 Å². The second kappa shape index (κ2) is 3.78. The van der Waals surface area contributed by atoms with Crippen LogP contribution in [-0.4, -0.2) is 35.1 Å². The van der Waals surface area contributed by atoms with Gasteiger partial charge in [-0.15, -0.1) is 0 Å². The molecule has 0 aromatic rings. The third-order valence-corrected chi connectivity index (χ3v) is 3.88. The molecule has 0 bridgehead atoms. The summed E-state index contributed by atoms with van der Waals surface area (Å²) in [5, 5.41) is 9.07. The number of aliphatic hydroxyl groups is 1. The lowest BCUT2D eigenvalue weighted by atomic mass is 9.91. The highest BCUT2D eigenvalue weighted by Crippen LogP contribution is 2.40. The molecule has 3 heteroatoms. The Morgan fingerprint density at radius 2 is 2.27 bits per heavy atom. The third-order valence-electron chi connectivity index (χ3n) is 3.88. The van der Waals surface area contributed by atoms with Crippen LogP contribution in [0.4, 0.5) is 0 Å². The largest absolute Gasteiger partial charge is 0.396 e. The van der Waals surface area contributed by atoms with Crippen LogP contribution in [0.3, 0.4) is 0 Å². The van der Waals surface area contributed by atoms with Crippen LogP contribution in [0.25, 0.3) is 0 Å². The lowest BCUT2D eigenvalue weighted by Gasteiger charge is -2.26. The molecule has 1 saturated heterocycles. The minimum Gasteiger partial charge on any atom is -0.396 e. The van der Waals surface area contributed by atoms with Crippen LogP contribution >= 0.6 is 0 Å². The Balaban J connectivity index is 1.98. The van der Waals surface area contributed by atoms with Crippen molar-refractivity contribution in [2.75, 3.05) is 13.2 Å². The molecule has 1 saturated carbocycles. The molecule has 0 aromatic carbocycles. The van der Waals surface area contributed by atoms with Gasteiger partial charge in [-0.3, -0.25) is 4.79 Å². The van der Waals surface area contributed by atoms with Crippen LogP contribution in [0.5, 0.6) is 0 Å². The van der Waals surface area contributed by atoms with E-state index in [2.05, 4.69) is 13.8 Å². The quantitative estimate of drug-likeness (QED) is 0.750. The van der Waals surface area contributed by atoms with Gasteiger partial charge >= 0.3 is 0 Å². The highest BCUT2D eigenvalue weighted by molar-refractivity contribution is 5.79. The third kappa shape index (κ3) is 2.17. The van der Waals surface area contributed by atoms with E-state index in [0.717, 1.165) is 19.4 Å². The summed E-state index contributed by atoms with van der Waals surface area (Å²) in [5.74, 6) is 0.429. The first kappa shape index (κ1) is 10.9. The molecule has 0 aromatic heterocycles. The fraction of sp³-hybridized carbons (Fsp3) is 0.917. The monoisotopic (exact) mass is 211 g/mol. The van der Waals surface area contributed by atoms with E-state index in [1.165, 1.54) is 6.42 Å². The predicted octanol–water partition coefficient (Wildman–Crippen LogP) is 1.41. The maximum atomic E-state index is 11.8. The molecule has 15 heavy (non-hydrogen) atoms. The van der Waals surface area contributed by atoms with Crippen LogP contribution in [0.2, 0.25) is 0 Å². The van der Waals surface area contributed by atoms with Crippen LogP contribution in [-0.2, 0) is 4.79 Å². The summed E-state index contributed by atoms with van der Waals surface area (Å²) in [6, 6.07) is 0.434. The second-order valence-electron chi connectivity index (χ2n) is 5.86. The molecule has 0 radical (unpaired) electrons. The van der Waals surface area contributed by atoms with E-state index in [-0.39, 0.29) is 18.4 Å². The Bertz CT molecular complexity index is 262. The number of likely N-dealkylation sites (tertiary alicyclic amines) is 1. The molecule has 1 N–H and O–H groups in total. The predicted molar refractivity (Wildman–Crippen MR) is 58.3 cm³/mol. The Hall–Kier alpha value is -0.570. The Morgan fingerprint density at radius 3 is 2.73 bits per heavy atom. The van der Waals surface area contributed by atoms with E-state index in [9.17, 15) is 4.79 Å². The lowest BCUT2D eigenvalue weighted by molar-refractivity contribution is -0.129. The SMILES string of the molecule is CC1(C)CCC(N2CC(CO)CC2=O)C1. The van der Waals surface area contributed by atoms with Gasteiger partial charge in [0.25, 0.3) is 0 Å². The van der Waals surface area contributed by atoms with Crippen LogP contribution in [0.1, 0.15) is 39.5 Å².